The summed E-state index contributed by atoms with van der Waals surface area (Å²) in [5, 5.41) is 9.39. The molecule has 3 heteroatoms. The van der Waals surface area contributed by atoms with Crippen LogP contribution in [0.15, 0.2) is 30.3 Å². The Balaban J connectivity index is 1.92. The number of amides is 1. The van der Waals surface area contributed by atoms with Crippen LogP contribution in [-0.2, 0) is 4.79 Å². The van der Waals surface area contributed by atoms with Crippen molar-refractivity contribution in [1.82, 2.24) is 4.90 Å². The van der Waals surface area contributed by atoms with Gasteiger partial charge >= 0.3 is 0 Å². The fraction of sp³-hybridized carbons (Fsp3) is 0.400. The van der Waals surface area contributed by atoms with Gasteiger partial charge in [-0.3, -0.25) is 4.79 Å². The summed E-state index contributed by atoms with van der Waals surface area (Å²) in [5.41, 5.74) is 2.24. The Morgan fingerprint density at radius 2 is 1.89 bits per heavy atom. The lowest BCUT2D eigenvalue weighted by Gasteiger charge is -2.28. The van der Waals surface area contributed by atoms with Crippen LogP contribution in [0.4, 0.5) is 0 Å². The molecule has 1 aromatic rings. The van der Waals surface area contributed by atoms with Crippen LogP contribution >= 0.6 is 0 Å². The third-order valence-corrected chi connectivity index (χ3v) is 3.27. The molecule has 0 unspecified atom stereocenters. The molecule has 3 nitrogen and oxygen atoms in total. The summed E-state index contributed by atoms with van der Waals surface area (Å²) in [6, 6.07) is 8.06. The van der Waals surface area contributed by atoms with E-state index < -0.39 is 0 Å². The summed E-state index contributed by atoms with van der Waals surface area (Å²) in [4.78, 5) is 13.7. The zero-order chi connectivity index (χ0) is 13.0. The quantitative estimate of drug-likeness (QED) is 0.809. The number of benzene rings is 1. The van der Waals surface area contributed by atoms with Crippen molar-refractivity contribution in [2.45, 2.75) is 25.9 Å². The maximum atomic E-state index is 11.9. The van der Waals surface area contributed by atoms with Gasteiger partial charge < -0.3 is 10.0 Å². The van der Waals surface area contributed by atoms with Gasteiger partial charge in [-0.05, 0) is 31.4 Å². The monoisotopic (exact) mass is 245 g/mol. The number of nitrogens with zero attached hydrogens (tertiary/aromatic N) is 1. The topological polar surface area (TPSA) is 40.5 Å². The Kier molecular flexibility index (Phi) is 4.15. The summed E-state index contributed by atoms with van der Waals surface area (Å²) in [7, 11) is 0. The van der Waals surface area contributed by atoms with Gasteiger partial charge in [0.15, 0.2) is 0 Å². The first-order valence-corrected chi connectivity index (χ1v) is 6.37. The lowest BCUT2D eigenvalue weighted by atomic mass is 10.1. The minimum Gasteiger partial charge on any atom is -0.393 e. The lowest BCUT2D eigenvalue weighted by molar-refractivity contribution is -0.127. The zero-order valence-corrected chi connectivity index (χ0v) is 10.7. The molecule has 1 amide bonds. The van der Waals surface area contributed by atoms with Crippen molar-refractivity contribution < 1.29 is 9.90 Å². The van der Waals surface area contributed by atoms with E-state index in [1.807, 2.05) is 37.3 Å². The molecular formula is C15H19NO2. The molecule has 1 N–H and O–H groups in total. The number of aryl methyl sites for hydroxylation is 1. The van der Waals surface area contributed by atoms with Crippen molar-refractivity contribution in [2.75, 3.05) is 13.1 Å². The molecule has 0 aromatic heterocycles. The maximum Gasteiger partial charge on any atom is 0.246 e. The zero-order valence-electron chi connectivity index (χ0n) is 10.7. The largest absolute Gasteiger partial charge is 0.393 e. The van der Waals surface area contributed by atoms with E-state index in [-0.39, 0.29) is 12.0 Å². The molecular weight excluding hydrogens is 226 g/mol. The van der Waals surface area contributed by atoms with Crippen molar-refractivity contribution in [3.63, 3.8) is 0 Å². The molecule has 0 aliphatic carbocycles. The van der Waals surface area contributed by atoms with Gasteiger partial charge in [0.05, 0.1) is 6.10 Å². The third-order valence-electron chi connectivity index (χ3n) is 3.27. The summed E-state index contributed by atoms with van der Waals surface area (Å²) in [6.07, 6.45) is 4.58. The molecule has 1 fully saturated rings. The summed E-state index contributed by atoms with van der Waals surface area (Å²) in [6.45, 7) is 3.34. The van der Waals surface area contributed by atoms with E-state index in [0.29, 0.717) is 25.9 Å². The van der Waals surface area contributed by atoms with Crippen LogP contribution in [0.25, 0.3) is 6.08 Å². The lowest BCUT2D eigenvalue weighted by Crippen LogP contribution is -2.39. The van der Waals surface area contributed by atoms with Crippen molar-refractivity contribution >= 4 is 12.0 Å². The van der Waals surface area contributed by atoms with Crippen LogP contribution in [0.2, 0.25) is 0 Å². The second-order valence-corrected chi connectivity index (χ2v) is 4.80. The Morgan fingerprint density at radius 3 is 2.50 bits per heavy atom. The number of hydrogen-bond donors (Lipinski definition) is 1. The van der Waals surface area contributed by atoms with Gasteiger partial charge in [-0.1, -0.05) is 29.8 Å². The molecule has 18 heavy (non-hydrogen) atoms. The highest BCUT2D eigenvalue weighted by Crippen LogP contribution is 2.11. The number of likely N-dealkylation sites (tertiary alicyclic amines) is 1. The fourth-order valence-corrected chi connectivity index (χ4v) is 2.04. The SMILES string of the molecule is Cc1ccc(/C=C/C(=O)N2CCC(O)CC2)cc1. The van der Waals surface area contributed by atoms with E-state index in [9.17, 15) is 9.90 Å². The number of rotatable bonds is 2. The predicted molar refractivity (Wildman–Crippen MR) is 72.0 cm³/mol. The first-order chi connectivity index (χ1) is 8.65. The van der Waals surface area contributed by atoms with Gasteiger partial charge in [-0.15, -0.1) is 0 Å². The first kappa shape index (κ1) is 12.8. The van der Waals surface area contributed by atoms with Crippen LogP contribution < -0.4 is 0 Å². The van der Waals surface area contributed by atoms with Crippen LogP contribution in [-0.4, -0.2) is 35.1 Å². The molecule has 96 valence electrons. The fourth-order valence-electron chi connectivity index (χ4n) is 2.04. The van der Waals surface area contributed by atoms with E-state index in [0.717, 1.165) is 5.56 Å². The van der Waals surface area contributed by atoms with Gasteiger partial charge in [0, 0.05) is 19.2 Å². The van der Waals surface area contributed by atoms with Gasteiger partial charge in [0.2, 0.25) is 5.91 Å². The average Bonchev–Trinajstić information content (AvgIpc) is 2.38. The average molecular weight is 245 g/mol. The van der Waals surface area contributed by atoms with E-state index in [1.54, 1.807) is 11.0 Å². The molecule has 0 spiro atoms. The Morgan fingerprint density at radius 1 is 1.28 bits per heavy atom. The van der Waals surface area contributed by atoms with Crippen molar-refractivity contribution in [3.05, 3.63) is 41.5 Å². The summed E-state index contributed by atoms with van der Waals surface area (Å²) >= 11 is 0. The van der Waals surface area contributed by atoms with Crippen LogP contribution in [0.5, 0.6) is 0 Å². The minimum atomic E-state index is -0.241. The Labute approximate surface area is 108 Å². The highest BCUT2D eigenvalue weighted by atomic mass is 16.3. The highest BCUT2D eigenvalue weighted by molar-refractivity contribution is 5.91. The van der Waals surface area contributed by atoms with Gasteiger partial charge in [-0.25, -0.2) is 0 Å². The van der Waals surface area contributed by atoms with Crippen molar-refractivity contribution in [1.29, 1.82) is 0 Å². The maximum absolute atomic E-state index is 11.9. The van der Waals surface area contributed by atoms with Gasteiger partial charge in [0.1, 0.15) is 0 Å². The Bertz CT molecular complexity index is 428. The normalized spacial score (nSPS) is 17.3. The van der Waals surface area contributed by atoms with Crippen LogP contribution in [0.1, 0.15) is 24.0 Å². The molecule has 1 aromatic carbocycles. The number of aliphatic hydroxyl groups excluding tert-OH is 1. The second-order valence-electron chi connectivity index (χ2n) is 4.80. The molecule has 1 aliphatic heterocycles. The predicted octanol–water partition coefficient (Wildman–Crippen LogP) is 1.99. The van der Waals surface area contributed by atoms with Gasteiger partial charge in [-0.2, -0.15) is 0 Å². The van der Waals surface area contributed by atoms with E-state index in [2.05, 4.69) is 0 Å². The standard InChI is InChI=1S/C15H19NO2/c1-12-2-4-13(5-3-12)6-7-15(18)16-10-8-14(17)9-11-16/h2-7,14,17H,8-11H2,1H3/b7-6+. The number of carbonyl (C=O) groups excluding carboxylic acids is 1. The van der Waals surface area contributed by atoms with Crippen molar-refractivity contribution in [3.8, 4) is 0 Å². The van der Waals surface area contributed by atoms with Crippen LogP contribution in [0, 0.1) is 6.92 Å². The Hall–Kier alpha value is -1.61. The molecule has 0 atom stereocenters. The molecule has 1 heterocycles. The smallest absolute Gasteiger partial charge is 0.246 e. The van der Waals surface area contributed by atoms with Crippen molar-refractivity contribution in [2.24, 2.45) is 0 Å². The van der Waals surface area contributed by atoms with E-state index in [4.69, 9.17) is 0 Å². The molecule has 2 rings (SSSR count). The molecule has 1 saturated heterocycles. The van der Waals surface area contributed by atoms with E-state index in [1.165, 1.54) is 5.56 Å². The summed E-state index contributed by atoms with van der Waals surface area (Å²) in [5.74, 6) is 0.0301. The third kappa shape index (κ3) is 3.44. The number of hydrogen-bond acceptors (Lipinski definition) is 2. The molecule has 0 radical (unpaired) electrons. The van der Waals surface area contributed by atoms with E-state index >= 15 is 0 Å². The molecule has 0 bridgehead atoms. The number of piperidine rings is 1. The number of carbonyl (C=O) groups is 1. The van der Waals surface area contributed by atoms with Crippen LogP contribution in [0.3, 0.4) is 0 Å². The second kappa shape index (κ2) is 5.83. The minimum absolute atomic E-state index is 0.0301. The first-order valence-electron chi connectivity index (χ1n) is 6.37. The highest BCUT2D eigenvalue weighted by Gasteiger charge is 2.19. The molecule has 0 saturated carbocycles. The summed E-state index contributed by atoms with van der Waals surface area (Å²) < 4.78 is 0. The van der Waals surface area contributed by atoms with Gasteiger partial charge in [0.25, 0.3) is 0 Å². The molecule has 1 aliphatic rings. The number of aliphatic hydroxyl groups is 1.